The molecule has 0 aliphatic heterocycles. The summed E-state index contributed by atoms with van der Waals surface area (Å²) in [6, 6.07) is 1.92. The predicted molar refractivity (Wildman–Crippen MR) is 74.0 cm³/mol. The summed E-state index contributed by atoms with van der Waals surface area (Å²) in [7, 11) is 0. The van der Waals surface area contributed by atoms with E-state index < -0.39 is 0 Å². The van der Waals surface area contributed by atoms with Gasteiger partial charge >= 0.3 is 0 Å². The largest absolute Gasteiger partial charge is 0.325 e. The van der Waals surface area contributed by atoms with E-state index in [1.807, 2.05) is 31.2 Å². The highest BCUT2D eigenvalue weighted by Crippen LogP contribution is 2.29. The van der Waals surface area contributed by atoms with Gasteiger partial charge in [0.05, 0.1) is 10.6 Å². The Hall–Kier alpha value is -1.86. The maximum atomic E-state index is 5.64. The van der Waals surface area contributed by atoms with Crippen LogP contribution in [0, 0.1) is 20.8 Å². The molecule has 0 aliphatic rings. The highest BCUT2D eigenvalue weighted by Gasteiger charge is 2.17. The van der Waals surface area contributed by atoms with E-state index in [0.29, 0.717) is 6.54 Å². The molecule has 3 rings (SSSR count). The summed E-state index contributed by atoms with van der Waals surface area (Å²) in [4.78, 5) is 9.89. The van der Waals surface area contributed by atoms with Crippen LogP contribution in [0.3, 0.4) is 0 Å². The molecule has 0 saturated heterocycles. The fourth-order valence-electron chi connectivity index (χ4n) is 2.13. The molecule has 0 atom stereocenters. The third kappa shape index (κ3) is 1.91. The minimum Gasteiger partial charge on any atom is -0.325 e. The zero-order valence-electron chi connectivity index (χ0n) is 11.0. The number of aryl methyl sites for hydroxylation is 3. The summed E-state index contributed by atoms with van der Waals surface area (Å²) in [6.45, 7) is 6.31. The number of rotatable bonds is 2. The topological polar surface area (TPSA) is 82.0 Å². The second-order valence-electron chi connectivity index (χ2n) is 4.39. The van der Waals surface area contributed by atoms with Crippen molar-refractivity contribution < 1.29 is 0 Å². The molecular weight excluding hydrogens is 260 g/mol. The molecule has 7 heteroatoms. The van der Waals surface area contributed by atoms with E-state index in [9.17, 15) is 0 Å². The van der Waals surface area contributed by atoms with Crippen molar-refractivity contribution in [2.24, 2.45) is 5.73 Å². The fourth-order valence-corrected chi connectivity index (χ4v) is 3.05. The lowest BCUT2D eigenvalue weighted by Gasteiger charge is -2.02. The molecule has 0 aliphatic carbocycles. The van der Waals surface area contributed by atoms with Crippen LogP contribution in [0.1, 0.15) is 22.2 Å². The van der Waals surface area contributed by atoms with E-state index in [0.717, 1.165) is 38.6 Å². The minimum absolute atomic E-state index is 0.443. The van der Waals surface area contributed by atoms with Gasteiger partial charge in [0.25, 0.3) is 0 Å². The van der Waals surface area contributed by atoms with Crippen molar-refractivity contribution in [2.75, 3.05) is 0 Å². The Bertz CT molecular complexity index is 757. The van der Waals surface area contributed by atoms with Gasteiger partial charge in [0, 0.05) is 18.3 Å². The first-order chi connectivity index (χ1) is 9.10. The second kappa shape index (κ2) is 4.36. The number of thiazole rings is 1. The van der Waals surface area contributed by atoms with Crippen LogP contribution in [-0.4, -0.2) is 24.6 Å². The molecular formula is C12H14N6S. The maximum absolute atomic E-state index is 5.64. The van der Waals surface area contributed by atoms with Gasteiger partial charge in [-0.05, 0) is 20.8 Å². The van der Waals surface area contributed by atoms with Crippen molar-refractivity contribution >= 4 is 17.0 Å². The summed E-state index contributed by atoms with van der Waals surface area (Å²) in [5, 5.41) is 9.40. The first-order valence-corrected chi connectivity index (χ1v) is 6.78. The number of fused-ring (bicyclic) bond motifs is 1. The summed E-state index contributed by atoms with van der Waals surface area (Å²) in [6.07, 6.45) is 0. The molecule has 3 aromatic heterocycles. The number of aromatic nitrogens is 5. The molecule has 3 aromatic rings. The maximum Gasteiger partial charge on any atom is 0.181 e. The smallest absolute Gasteiger partial charge is 0.181 e. The van der Waals surface area contributed by atoms with Crippen LogP contribution in [0.25, 0.3) is 16.3 Å². The zero-order chi connectivity index (χ0) is 13.6. The van der Waals surface area contributed by atoms with Gasteiger partial charge in [-0.25, -0.2) is 9.97 Å². The molecule has 0 unspecified atom stereocenters. The van der Waals surface area contributed by atoms with Crippen LogP contribution >= 0.6 is 11.3 Å². The number of nitrogens with two attached hydrogens (primary N) is 1. The minimum atomic E-state index is 0.443. The first kappa shape index (κ1) is 12.2. The van der Waals surface area contributed by atoms with Gasteiger partial charge in [-0.1, -0.05) is 0 Å². The van der Waals surface area contributed by atoms with Gasteiger partial charge in [0.2, 0.25) is 0 Å². The molecule has 0 amide bonds. The zero-order valence-corrected chi connectivity index (χ0v) is 11.8. The molecule has 0 fully saturated rings. The molecule has 6 nitrogen and oxygen atoms in total. The van der Waals surface area contributed by atoms with Gasteiger partial charge in [-0.3, -0.25) is 4.40 Å². The highest BCUT2D eigenvalue weighted by molar-refractivity contribution is 7.15. The van der Waals surface area contributed by atoms with Crippen molar-refractivity contribution in [3.63, 3.8) is 0 Å². The second-order valence-corrected chi connectivity index (χ2v) is 5.47. The van der Waals surface area contributed by atoms with Crippen LogP contribution in [0.4, 0.5) is 0 Å². The lowest BCUT2D eigenvalue weighted by atomic mass is 10.3. The van der Waals surface area contributed by atoms with E-state index in [-0.39, 0.29) is 0 Å². The summed E-state index contributed by atoms with van der Waals surface area (Å²) >= 11 is 1.56. The number of hydrogen-bond donors (Lipinski definition) is 1. The molecule has 0 bridgehead atoms. The average molecular weight is 274 g/mol. The standard InChI is InChI=1S/C12H14N6S/c1-6-4-9-16-17-12(18(9)8(3)14-6)11-7(2)15-10(5-13)19-11/h4H,5,13H2,1-3H3. The van der Waals surface area contributed by atoms with Crippen LogP contribution in [0.15, 0.2) is 6.07 Å². The third-order valence-electron chi connectivity index (χ3n) is 2.91. The highest BCUT2D eigenvalue weighted by atomic mass is 32.1. The van der Waals surface area contributed by atoms with E-state index in [1.165, 1.54) is 0 Å². The van der Waals surface area contributed by atoms with Gasteiger partial charge in [-0.15, -0.1) is 21.5 Å². The van der Waals surface area contributed by atoms with Gasteiger partial charge in [0.15, 0.2) is 11.5 Å². The first-order valence-electron chi connectivity index (χ1n) is 5.96. The fraction of sp³-hybridized carbons (Fsp3) is 0.333. The SMILES string of the molecule is Cc1cc2nnc(-c3sc(CN)nc3C)n2c(C)n1. The Morgan fingerprint density at radius 1 is 1.21 bits per heavy atom. The molecule has 0 spiro atoms. The van der Waals surface area contributed by atoms with Crippen molar-refractivity contribution in [2.45, 2.75) is 27.3 Å². The molecule has 19 heavy (non-hydrogen) atoms. The monoisotopic (exact) mass is 274 g/mol. The number of hydrogen-bond acceptors (Lipinski definition) is 6. The molecule has 98 valence electrons. The van der Waals surface area contributed by atoms with E-state index in [1.54, 1.807) is 11.3 Å². The van der Waals surface area contributed by atoms with E-state index >= 15 is 0 Å². The molecule has 3 heterocycles. The molecule has 0 radical (unpaired) electrons. The third-order valence-corrected chi connectivity index (χ3v) is 4.08. The molecule has 2 N–H and O–H groups in total. The van der Waals surface area contributed by atoms with Crippen molar-refractivity contribution in [3.8, 4) is 10.7 Å². The normalized spacial score (nSPS) is 11.4. The molecule has 0 saturated carbocycles. The van der Waals surface area contributed by atoms with Crippen molar-refractivity contribution in [3.05, 3.63) is 28.3 Å². The summed E-state index contributed by atoms with van der Waals surface area (Å²) in [5.74, 6) is 1.66. The lowest BCUT2D eigenvalue weighted by molar-refractivity contribution is 0.961. The van der Waals surface area contributed by atoms with Gasteiger partial charge in [0.1, 0.15) is 10.8 Å². The predicted octanol–water partition coefficient (Wildman–Crippen LogP) is 1.63. The van der Waals surface area contributed by atoms with Gasteiger partial charge < -0.3 is 5.73 Å². The quantitative estimate of drug-likeness (QED) is 0.768. The number of nitrogens with zero attached hydrogens (tertiary/aromatic N) is 5. The summed E-state index contributed by atoms with van der Waals surface area (Å²) in [5.41, 5.74) is 8.32. The lowest BCUT2D eigenvalue weighted by Crippen LogP contribution is -1.99. The molecule has 0 aromatic carbocycles. The summed E-state index contributed by atoms with van der Waals surface area (Å²) < 4.78 is 1.95. The van der Waals surface area contributed by atoms with Crippen LogP contribution in [0.2, 0.25) is 0 Å². The van der Waals surface area contributed by atoms with Gasteiger partial charge in [-0.2, -0.15) is 0 Å². The Labute approximate surface area is 114 Å². The van der Waals surface area contributed by atoms with Crippen LogP contribution < -0.4 is 5.73 Å². The Kier molecular flexibility index (Phi) is 2.79. The van der Waals surface area contributed by atoms with Crippen molar-refractivity contribution in [1.82, 2.24) is 24.6 Å². The Morgan fingerprint density at radius 3 is 2.68 bits per heavy atom. The van der Waals surface area contributed by atoms with Crippen LogP contribution in [-0.2, 0) is 6.54 Å². The van der Waals surface area contributed by atoms with E-state index in [4.69, 9.17) is 5.73 Å². The average Bonchev–Trinajstić information content (AvgIpc) is 2.92. The Balaban J connectivity index is 2.28. The van der Waals surface area contributed by atoms with E-state index in [2.05, 4.69) is 20.2 Å². The van der Waals surface area contributed by atoms with Crippen LogP contribution in [0.5, 0.6) is 0 Å². The Morgan fingerprint density at radius 2 is 2.00 bits per heavy atom. The van der Waals surface area contributed by atoms with Crippen molar-refractivity contribution in [1.29, 1.82) is 0 Å².